The number of anilines is 1. The number of hydrogen-bond acceptors (Lipinski definition) is 3. The summed E-state index contributed by atoms with van der Waals surface area (Å²) in [5, 5.41) is 2.88. The van der Waals surface area contributed by atoms with Crippen LogP contribution in [0, 0.1) is 6.92 Å². The van der Waals surface area contributed by atoms with Crippen molar-refractivity contribution in [3.8, 4) is 0 Å². The van der Waals surface area contributed by atoms with Gasteiger partial charge in [-0.25, -0.2) is 4.79 Å². The van der Waals surface area contributed by atoms with E-state index in [1.807, 2.05) is 45.0 Å². The van der Waals surface area contributed by atoms with E-state index < -0.39 is 0 Å². The Bertz CT molecular complexity index is 558. The van der Waals surface area contributed by atoms with E-state index in [0.717, 1.165) is 11.3 Å². The van der Waals surface area contributed by atoms with Crippen molar-refractivity contribution in [3.05, 3.63) is 29.8 Å². The van der Waals surface area contributed by atoms with Crippen LogP contribution in [-0.4, -0.2) is 55.7 Å². The van der Waals surface area contributed by atoms with Gasteiger partial charge >= 0.3 is 6.03 Å². The lowest BCUT2D eigenvalue weighted by atomic mass is 10.1. The van der Waals surface area contributed by atoms with Crippen molar-refractivity contribution in [3.63, 3.8) is 0 Å². The van der Waals surface area contributed by atoms with E-state index in [1.54, 1.807) is 9.80 Å². The Morgan fingerprint density at radius 2 is 2.13 bits per heavy atom. The van der Waals surface area contributed by atoms with Gasteiger partial charge in [-0.3, -0.25) is 4.79 Å². The molecule has 1 aliphatic rings. The Morgan fingerprint density at radius 1 is 1.39 bits per heavy atom. The molecule has 1 heterocycles. The summed E-state index contributed by atoms with van der Waals surface area (Å²) < 4.78 is 5.55. The maximum absolute atomic E-state index is 12.1. The maximum Gasteiger partial charge on any atom is 0.317 e. The monoisotopic (exact) mass is 319 g/mol. The largest absolute Gasteiger partial charge is 0.365 e. The molecule has 1 atom stereocenters. The number of ether oxygens (including phenoxy) is 1. The molecule has 1 fully saturated rings. The second-order valence-corrected chi connectivity index (χ2v) is 5.63. The van der Waals surface area contributed by atoms with Crippen molar-refractivity contribution in [2.24, 2.45) is 0 Å². The zero-order valence-corrected chi connectivity index (χ0v) is 14.0. The Hall–Kier alpha value is -2.08. The van der Waals surface area contributed by atoms with Crippen LogP contribution in [-0.2, 0) is 9.53 Å². The standard InChI is InChI=1S/C17H25N3O3/c1-4-19(5-2)17(22)18-10-15-11-20(16(21)12-23-15)14-8-6-7-13(3)9-14/h6-9,15H,4-5,10-12H2,1-3H3,(H,18,22). The average molecular weight is 319 g/mol. The predicted octanol–water partition coefficient (Wildman–Crippen LogP) is 1.78. The summed E-state index contributed by atoms with van der Waals surface area (Å²) in [4.78, 5) is 27.5. The molecule has 0 saturated carbocycles. The molecule has 6 nitrogen and oxygen atoms in total. The van der Waals surface area contributed by atoms with Gasteiger partial charge in [0.2, 0.25) is 0 Å². The van der Waals surface area contributed by atoms with Crippen LogP contribution in [0.5, 0.6) is 0 Å². The van der Waals surface area contributed by atoms with Crippen molar-refractivity contribution in [2.75, 3.05) is 37.7 Å². The molecule has 1 aliphatic heterocycles. The number of rotatable bonds is 5. The van der Waals surface area contributed by atoms with Gasteiger partial charge in [0.1, 0.15) is 6.61 Å². The second-order valence-electron chi connectivity index (χ2n) is 5.63. The molecule has 0 aliphatic carbocycles. The fourth-order valence-corrected chi connectivity index (χ4v) is 2.62. The van der Waals surface area contributed by atoms with Crippen molar-refractivity contribution >= 4 is 17.6 Å². The van der Waals surface area contributed by atoms with E-state index in [-0.39, 0.29) is 24.6 Å². The second kappa shape index (κ2) is 7.97. The Morgan fingerprint density at radius 3 is 2.78 bits per heavy atom. The molecule has 0 spiro atoms. The predicted molar refractivity (Wildman–Crippen MR) is 89.6 cm³/mol. The van der Waals surface area contributed by atoms with E-state index in [4.69, 9.17) is 4.74 Å². The van der Waals surface area contributed by atoms with Crippen molar-refractivity contribution in [1.82, 2.24) is 10.2 Å². The first-order chi connectivity index (χ1) is 11.0. The quantitative estimate of drug-likeness (QED) is 0.900. The fourth-order valence-electron chi connectivity index (χ4n) is 2.62. The molecule has 6 heteroatoms. The van der Waals surface area contributed by atoms with Gasteiger partial charge in [0.15, 0.2) is 0 Å². The number of urea groups is 1. The first-order valence-electron chi connectivity index (χ1n) is 8.06. The molecule has 1 aromatic carbocycles. The third kappa shape index (κ3) is 4.45. The number of carbonyl (C=O) groups is 2. The Labute approximate surface area is 137 Å². The Balaban J connectivity index is 1.95. The first-order valence-corrected chi connectivity index (χ1v) is 8.06. The molecule has 1 aromatic rings. The number of aryl methyl sites for hydroxylation is 1. The first kappa shape index (κ1) is 17.3. The molecule has 126 valence electrons. The third-order valence-corrected chi connectivity index (χ3v) is 3.97. The van der Waals surface area contributed by atoms with Gasteiger partial charge in [0.05, 0.1) is 12.6 Å². The van der Waals surface area contributed by atoms with Gasteiger partial charge < -0.3 is 19.9 Å². The summed E-state index contributed by atoms with van der Waals surface area (Å²) in [7, 11) is 0. The number of benzene rings is 1. The topological polar surface area (TPSA) is 61.9 Å². The normalized spacial score (nSPS) is 18.0. The van der Waals surface area contributed by atoms with E-state index in [9.17, 15) is 9.59 Å². The molecule has 1 saturated heterocycles. The van der Waals surface area contributed by atoms with E-state index in [0.29, 0.717) is 26.2 Å². The SMILES string of the molecule is CCN(CC)C(=O)NCC1CN(c2cccc(C)c2)C(=O)CO1. The number of amides is 3. The summed E-state index contributed by atoms with van der Waals surface area (Å²) in [5.41, 5.74) is 1.98. The number of nitrogens with one attached hydrogen (secondary N) is 1. The molecule has 0 radical (unpaired) electrons. The summed E-state index contributed by atoms with van der Waals surface area (Å²) >= 11 is 0. The summed E-state index contributed by atoms with van der Waals surface area (Å²) in [6.45, 7) is 8.10. The molecule has 0 bridgehead atoms. The van der Waals surface area contributed by atoms with Crippen LogP contribution >= 0.6 is 0 Å². The van der Waals surface area contributed by atoms with E-state index >= 15 is 0 Å². The molecular formula is C17H25N3O3. The van der Waals surface area contributed by atoms with E-state index in [2.05, 4.69) is 5.32 Å². The third-order valence-electron chi connectivity index (χ3n) is 3.97. The van der Waals surface area contributed by atoms with Crippen LogP contribution in [0.1, 0.15) is 19.4 Å². The van der Waals surface area contributed by atoms with Crippen LogP contribution < -0.4 is 10.2 Å². The molecule has 3 amide bonds. The zero-order chi connectivity index (χ0) is 16.8. The van der Waals surface area contributed by atoms with Crippen molar-refractivity contribution in [2.45, 2.75) is 26.9 Å². The lowest BCUT2D eigenvalue weighted by molar-refractivity contribution is -0.129. The fraction of sp³-hybridized carbons (Fsp3) is 0.529. The average Bonchev–Trinajstić information content (AvgIpc) is 2.55. The lowest BCUT2D eigenvalue weighted by Gasteiger charge is -2.33. The highest BCUT2D eigenvalue weighted by Crippen LogP contribution is 2.19. The summed E-state index contributed by atoms with van der Waals surface area (Å²) in [5.74, 6) is -0.0538. The number of carbonyl (C=O) groups excluding carboxylic acids is 2. The van der Waals surface area contributed by atoms with Crippen LogP contribution in [0.25, 0.3) is 0 Å². The zero-order valence-electron chi connectivity index (χ0n) is 14.0. The van der Waals surface area contributed by atoms with Crippen LogP contribution in [0.2, 0.25) is 0 Å². The minimum absolute atomic E-state index is 0.0414. The highest BCUT2D eigenvalue weighted by molar-refractivity contribution is 5.95. The van der Waals surface area contributed by atoms with Crippen LogP contribution in [0.3, 0.4) is 0 Å². The van der Waals surface area contributed by atoms with Gasteiger partial charge in [-0.1, -0.05) is 12.1 Å². The van der Waals surface area contributed by atoms with Crippen molar-refractivity contribution < 1.29 is 14.3 Å². The van der Waals surface area contributed by atoms with Gasteiger partial charge in [-0.05, 0) is 38.5 Å². The van der Waals surface area contributed by atoms with Gasteiger partial charge in [-0.2, -0.15) is 0 Å². The van der Waals surface area contributed by atoms with Crippen molar-refractivity contribution in [1.29, 1.82) is 0 Å². The van der Waals surface area contributed by atoms with Crippen LogP contribution in [0.15, 0.2) is 24.3 Å². The van der Waals surface area contributed by atoms with Gasteiger partial charge in [-0.15, -0.1) is 0 Å². The van der Waals surface area contributed by atoms with E-state index in [1.165, 1.54) is 0 Å². The van der Waals surface area contributed by atoms with Crippen LogP contribution in [0.4, 0.5) is 10.5 Å². The molecule has 0 aromatic heterocycles. The molecular weight excluding hydrogens is 294 g/mol. The van der Waals surface area contributed by atoms with Gasteiger partial charge in [0.25, 0.3) is 5.91 Å². The number of morpholine rings is 1. The maximum atomic E-state index is 12.1. The lowest BCUT2D eigenvalue weighted by Crippen LogP contribution is -2.52. The Kier molecular flexibility index (Phi) is 5.98. The highest BCUT2D eigenvalue weighted by Gasteiger charge is 2.28. The minimum Gasteiger partial charge on any atom is -0.365 e. The van der Waals surface area contributed by atoms with Gasteiger partial charge in [0, 0.05) is 25.3 Å². The molecule has 2 rings (SSSR count). The number of hydrogen-bond donors (Lipinski definition) is 1. The summed E-state index contributed by atoms with van der Waals surface area (Å²) in [6.07, 6.45) is -0.201. The minimum atomic E-state index is -0.201. The molecule has 1 N–H and O–H groups in total. The molecule has 1 unspecified atom stereocenters. The summed E-state index contributed by atoms with van der Waals surface area (Å²) in [6, 6.07) is 7.73. The number of nitrogens with zero attached hydrogens (tertiary/aromatic N) is 2. The molecule has 23 heavy (non-hydrogen) atoms. The smallest absolute Gasteiger partial charge is 0.317 e. The highest BCUT2D eigenvalue weighted by atomic mass is 16.5.